The van der Waals surface area contributed by atoms with E-state index in [1.165, 1.54) is 7.11 Å². The molecule has 6 nitrogen and oxygen atoms in total. The number of benzene rings is 1. The molecule has 0 spiro atoms. The minimum absolute atomic E-state index is 0.415. The van der Waals surface area contributed by atoms with Crippen LogP contribution in [0.2, 0.25) is 5.02 Å². The summed E-state index contributed by atoms with van der Waals surface area (Å²) in [6.45, 7) is 1.88. The van der Waals surface area contributed by atoms with E-state index >= 15 is 0 Å². The maximum atomic E-state index is 11.8. The van der Waals surface area contributed by atoms with Gasteiger partial charge in [-0.3, -0.25) is 0 Å². The number of aromatic nitrogens is 4. The zero-order chi connectivity index (χ0) is 17.6. The number of esters is 1. The fraction of sp³-hybridized carbons (Fsp3) is 0.111. The number of rotatable bonds is 2. The van der Waals surface area contributed by atoms with Gasteiger partial charge in [0.1, 0.15) is 0 Å². The monoisotopic (exact) mass is 352 g/mol. The van der Waals surface area contributed by atoms with Crippen LogP contribution in [0.3, 0.4) is 0 Å². The molecule has 0 saturated heterocycles. The van der Waals surface area contributed by atoms with Crippen LogP contribution in [-0.2, 0) is 4.74 Å². The Kier molecular flexibility index (Phi) is 3.62. The molecule has 0 unspecified atom stereocenters. The van der Waals surface area contributed by atoms with Gasteiger partial charge in [-0.1, -0.05) is 23.7 Å². The molecule has 0 bridgehead atoms. The fourth-order valence-electron chi connectivity index (χ4n) is 2.82. The van der Waals surface area contributed by atoms with Crippen molar-refractivity contribution in [1.82, 2.24) is 19.7 Å². The Morgan fingerprint density at radius 1 is 1.24 bits per heavy atom. The van der Waals surface area contributed by atoms with Crippen molar-refractivity contribution in [3.8, 4) is 5.82 Å². The normalized spacial score (nSPS) is 11.2. The Bertz CT molecular complexity index is 1120. The first-order chi connectivity index (χ1) is 12.1. The van der Waals surface area contributed by atoms with Gasteiger partial charge < -0.3 is 4.74 Å². The summed E-state index contributed by atoms with van der Waals surface area (Å²) in [5, 5.41) is 6.61. The van der Waals surface area contributed by atoms with Crippen molar-refractivity contribution in [1.29, 1.82) is 0 Å². The second kappa shape index (κ2) is 5.82. The van der Waals surface area contributed by atoms with Crippen LogP contribution in [0, 0.1) is 6.92 Å². The Morgan fingerprint density at radius 3 is 2.80 bits per heavy atom. The first kappa shape index (κ1) is 15.5. The summed E-state index contributed by atoms with van der Waals surface area (Å²) < 4.78 is 6.43. The lowest BCUT2D eigenvalue weighted by Crippen LogP contribution is -2.02. The van der Waals surface area contributed by atoms with Crippen LogP contribution in [0.25, 0.3) is 27.8 Å². The van der Waals surface area contributed by atoms with E-state index in [0.717, 1.165) is 16.5 Å². The van der Waals surface area contributed by atoms with Crippen molar-refractivity contribution in [2.45, 2.75) is 6.92 Å². The zero-order valence-electron chi connectivity index (χ0n) is 13.5. The Balaban J connectivity index is 2.06. The van der Waals surface area contributed by atoms with Gasteiger partial charge in [0.05, 0.1) is 34.3 Å². The van der Waals surface area contributed by atoms with Gasteiger partial charge in [0, 0.05) is 11.6 Å². The summed E-state index contributed by atoms with van der Waals surface area (Å²) in [6.07, 6.45) is 1.69. The Morgan fingerprint density at radius 2 is 2.08 bits per heavy atom. The molecule has 1 aromatic carbocycles. The summed E-state index contributed by atoms with van der Waals surface area (Å²) in [5.74, 6) is 0.224. The minimum atomic E-state index is -0.422. The SMILES string of the molecule is COC(=O)c1ccc2c(Cl)c3c(C)nn(-c4ccccn4)c3nc2c1. The molecular formula is C18H13ClN4O2. The average molecular weight is 353 g/mol. The number of pyridine rings is 2. The van der Waals surface area contributed by atoms with Crippen molar-refractivity contribution < 1.29 is 9.53 Å². The van der Waals surface area contributed by atoms with E-state index in [2.05, 4.69) is 15.1 Å². The lowest BCUT2D eigenvalue weighted by molar-refractivity contribution is 0.0601. The maximum absolute atomic E-state index is 11.8. The molecule has 0 amide bonds. The first-order valence-corrected chi connectivity index (χ1v) is 7.96. The van der Waals surface area contributed by atoms with Crippen molar-refractivity contribution in [2.75, 3.05) is 7.11 Å². The lowest BCUT2D eigenvalue weighted by atomic mass is 10.1. The molecule has 3 heterocycles. The number of nitrogens with zero attached hydrogens (tertiary/aromatic N) is 4. The highest BCUT2D eigenvalue weighted by atomic mass is 35.5. The third kappa shape index (κ3) is 2.42. The highest BCUT2D eigenvalue weighted by molar-refractivity contribution is 6.40. The lowest BCUT2D eigenvalue weighted by Gasteiger charge is -2.06. The first-order valence-electron chi connectivity index (χ1n) is 7.58. The van der Waals surface area contributed by atoms with Crippen molar-refractivity contribution in [2.24, 2.45) is 0 Å². The molecule has 124 valence electrons. The van der Waals surface area contributed by atoms with Crippen molar-refractivity contribution >= 4 is 39.5 Å². The number of carbonyl (C=O) groups is 1. The molecule has 0 aliphatic rings. The zero-order valence-corrected chi connectivity index (χ0v) is 14.3. The second-order valence-electron chi connectivity index (χ2n) is 5.53. The standard InChI is InChI=1S/C18H13ClN4O2/c1-10-15-16(19)12-7-6-11(18(24)25-2)9-13(12)21-17(15)23(22-10)14-5-3-4-8-20-14/h3-9H,1-2H3. The number of fused-ring (bicyclic) bond motifs is 2. The van der Waals surface area contributed by atoms with Gasteiger partial charge in [0.25, 0.3) is 0 Å². The highest BCUT2D eigenvalue weighted by Gasteiger charge is 2.18. The molecule has 0 aliphatic heterocycles. The van der Waals surface area contributed by atoms with Gasteiger partial charge in [0.15, 0.2) is 11.5 Å². The smallest absolute Gasteiger partial charge is 0.337 e. The van der Waals surface area contributed by atoms with E-state index in [1.807, 2.05) is 25.1 Å². The molecule has 0 radical (unpaired) electrons. The van der Waals surface area contributed by atoms with Crippen LogP contribution in [0.4, 0.5) is 0 Å². The summed E-state index contributed by atoms with van der Waals surface area (Å²) in [7, 11) is 1.34. The molecule has 0 N–H and O–H groups in total. The molecule has 0 fully saturated rings. The Hall–Kier alpha value is -2.99. The molecule has 0 aliphatic carbocycles. The van der Waals surface area contributed by atoms with Gasteiger partial charge in [0.2, 0.25) is 0 Å². The van der Waals surface area contributed by atoms with Crippen molar-refractivity contribution in [3.05, 3.63) is 58.9 Å². The summed E-state index contributed by atoms with van der Waals surface area (Å²) in [6, 6.07) is 10.7. The quantitative estimate of drug-likeness (QED) is 0.514. The average Bonchev–Trinajstić information content (AvgIpc) is 2.98. The number of ether oxygens (including phenoxy) is 1. The molecule has 4 aromatic rings. The largest absolute Gasteiger partial charge is 0.465 e. The second-order valence-corrected chi connectivity index (χ2v) is 5.91. The molecule has 3 aromatic heterocycles. The van der Waals surface area contributed by atoms with E-state index < -0.39 is 5.97 Å². The highest BCUT2D eigenvalue weighted by Crippen LogP contribution is 2.33. The summed E-state index contributed by atoms with van der Waals surface area (Å²) >= 11 is 6.62. The fourth-order valence-corrected chi connectivity index (χ4v) is 3.20. The molecule has 7 heteroatoms. The van der Waals surface area contributed by atoms with Crippen LogP contribution < -0.4 is 0 Å². The van der Waals surface area contributed by atoms with E-state index in [9.17, 15) is 4.79 Å². The summed E-state index contributed by atoms with van der Waals surface area (Å²) in [5.41, 5.74) is 2.36. The molecule has 0 atom stereocenters. The van der Waals surface area contributed by atoms with Gasteiger partial charge in [-0.05, 0) is 31.2 Å². The topological polar surface area (TPSA) is 69.9 Å². The number of methoxy groups -OCH3 is 1. The van der Waals surface area contributed by atoms with Gasteiger partial charge in [-0.15, -0.1) is 0 Å². The van der Waals surface area contributed by atoms with Crippen LogP contribution in [0.1, 0.15) is 16.1 Å². The minimum Gasteiger partial charge on any atom is -0.465 e. The van der Waals surface area contributed by atoms with E-state index in [1.54, 1.807) is 29.1 Å². The summed E-state index contributed by atoms with van der Waals surface area (Å²) in [4.78, 5) is 20.8. The van der Waals surface area contributed by atoms with Crippen LogP contribution in [0.5, 0.6) is 0 Å². The van der Waals surface area contributed by atoms with Crippen LogP contribution >= 0.6 is 11.6 Å². The number of hydrogen-bond acceptors (Lipinski definition) is 5. The third-order valence-electron chi connectivity index (χ3n) is 4.00. The van der Waals surface area contributed by atoms with E-state index in [-0.39, 0.29) is 0 Å². The predicted molar refractivity (Wildman–Crippen MR) is 95.3 cm³/mol. The third-order valence-corrected chi connectivity index (χ3v) is 4.40. The Labute approximate surface area is 148 Å². The molecule has 0 saturated carbocycles. The number of carbonyl (C=O) groups excluding carboxylic acids is 1. The molecule has 4 rings (SSSR count). The predicted octanol–water partition coefficient (Wildman–Crippen LogP) is 3.72. The van der Waals surface area contributed by atoms with Crippen molar-refractivity contribution in [3.63, 3.8) is 0 Å². The van der Waals surface area contributed by atoms with Gasteiger partial charge in [-0.25, -0.2) is 14.8 Å². The van der Waals surface area contributed by atoms with Gasteiger partial charge in [-0.2, -0.15) is 9.78 Å². The maximum Gasteiger partial charge on any atom is 0.337 e. The molecular weight excluding hydrogens is 340 g/mol. The van der Waals surface area contributed by atoms with E-state index in [0.29, 0.717) is 27.6 Å². The number of aryl methyl sites for hydroxylation is 1. The molecule has 25 heavy (non-hydrogen) atoms. The number of hydrogen-bond donors (Lipinski definition) is 0. The van der Waals surface area contributed by atoms with Crippen LogP contribution in [-0.4, -0.2) is 32.8 Å². The number of halogens is 1. The van der Waals surface area contributed by atoms with Crippen LogP contribution in [0.15, 0.2) is 42.6 Å². The van der Waals surface area contributed by atoms with Gasteiger partial charge >= 0.3 is 5.97 Å². The van der Waals surface area contributed by atoms with E-state index in [4.69, 9.17) is 16.3 Å².